The Morgan fingerprint density at radius 3 is 2.27 bits per heavy atom. The van der Waals surface area contributed by atoms with Crippen LogP contribution in [0.2, 0.25) is 0 Å². The summed E-state index contributed by atoms with van der Waals surface area (Å²) < 4.78 is 32.2. The van der Waals surface area contributed by atoms with Gasteiger partial charge in [-0.05, 0) is 44.0 Å². The molecule has 0 aliphatic carbocycles. The van der Waals surface area contributed by atoms with Gasteiger partial charge in [-0.1, -0.05) is 35.9 Å². The molecule has 0 saturated carbocycles. The molecule has 2 N–H and O–H groups in total. The van der Waals surface area contributed by atoms with Crippen LogP contribution in [-0.4, -0.2) is 44.2 Å². The summed E-state index contributed by atoms with van der Waals surface area (Å²) in [6, 6.07) is 15.6. The molecule has 2 aromatic carbocycles. The fourth-order valence-corrected chi connectivity index (χ4v) is 4.62. The molecule has 1 saturated heterocycles. The van der Waals surface area contributed by atoms with Crippen LogP contribution in [0.1, 0.15) is 18.4 Å². The lowest BCUT2D eigenvalue weighted by molar-refractivity contribution is -0.132. The van der Waals surface area contributed by atoms with Gasteiger partial charge in [0.25, 0.3) is 5.91 Å². The molecule has 1 heterocycles. The van der Waals surface area contributed by atoms with Crippen molar-refractivity contribution in [1.82, 2.24) is 15.2 Å². The summed E-state index contributed by atoms with van der Waals surface area (Å²) in [7, 11) is -3.57. The van der Waals surface area contributed by atoms with Gasteiger partial charge in [-0.25, -0.2) is 8.42 Å². The van der Waals surface area contributed by atoms with Gasteiger partial charge in [0.15, 0.2) is 6.61 Å². The van der Waals surface area contributed by atoms with E-state index in [-0.39, 0.29) is 36.4 Å². The summed E-state index contributed by atoms with van der Waals surface area (Å²) in [5.74, 6) is -0.632. The van der Waals surface area contributed by atoms with Crippen molar-refractivity contribution < 1.29 is 22.7 Å². The third-order valence-corrected chi connectivity index (χ3v) is 6.83. The standard InChI is InChI=1S/C21H25N3O5S/c1-16-7-9-19(10-8-16)30(27,28)24-13-11-17(12-14-24)21(26)23-22-20(25)15-29-18-5-3-2-4-6-18/h2-10,17H,11-15H2,1H3,(H,22,25)(H,23,26). The molecule has 1 aliphatic rings. The van der Waals surface area contributed by atoms with Crippen molar-refractivity contribution >= 4 is 21.8 Å². The summed E-state index contributed by atoms with van der Waals surface area (Å²) in [6.07, 6.45) is 0.765. The van der Waals surface area contributed by atoms with Crippen LogP contribution in [0.15, 0.2) is 59.5 Å². The molecule has 0 spiro atoms. The van der Waals surface area contributed by atoms with E-state index in [0.717, 1.165) is 5.56 Å². The molecule has 2 amide bonds. The summed E-state index contributed by atoms with van der Waals surface area (Å²) in [4.78, 5) is 24.4. The minimum atomic E-state index is -3.57. The van der Waals surface area contributed by atoms with Crippen molar-refractivity contribution in [2.75, 3.05) is 19.7 Å². The number of hydrazine groups is 1. The molecule has 0 radical (unpaired) electrons. The molecule has 3 rings (SSSR count). The van der Waals surface area contributed by atoms with Gasteiger partial charge in [-0.15, -0.1) is 0 Å². The van der Waals surface area contributed by atoms with Gasteiger partial charge in [-0.2, -0.15) is 4.31 Å². The highest BCUT2D eigenvalue weighted by molar-refractivity contribution is 7.89. The van der Waals surface area contributed by atoms with Crippen molar-refractivity contribution in [3.8, 4) is 5.75 Å². The lowest BCUT2D eigenvalue weighted by atomic mass is 9.98. The van der Waals surface area contributed by atoms with Gasteiger partial charge >= 0.3 is 0 Å². The third kappa shape index (κ3) is 5.58. The number of piperidine rings is 1. The molecule has 0 unspecified atom stereocenters. The van der Waals surface area contributed by atoms with Crippen LogP contribution < -0.4 is 15.6 Å². The van der Waals surface area contributed by atoms with Gasteiger partial charge in [0.2, 0.25) is 15.9 Å². The predicted octanol–water partition coefficient (Wildman–Crippen LogP) is 1.62. The molecular weight excluding hydrogens is 406 g/mol. The number of hydrogen-bond acceptors (Lipinski definition) is 5. The van der Waals surface area contributed by atoms with E-state index >= 15 is 0 Å². The van der Waals surface area contributed by atoms with Gasteiger partial charge in [0, 0.05) is 19.0 Å². The minimum absolute atomic E-state index is 0.225. The first kappa shape index (κ1) is 21.8. The van der Waals surface area contributed by atoms with Gasteiger partial charge in [0.05, 0.1) is 4.90 Å². The second-order valence-electron chi connectivity index (χ2n) is 7.13. The number of rotatable bonds is 6. The number of ether oxygens (including phenoxy) is 1. The Balaban J connectivity index is 1.43. The number of benzene rings is 2. The quantitative estimate of drug-likeness (QED) is 0.677. The maximum absolute atomic E-state index is 12.7. The smallest absolute Gasteiger partial charge is 0.276 e. The number of nitrogens with one attached hydrogen (secondary N) is 2. The number of sulfonamides is 1. The zero-order valence-corrected chi connectivity index (χ0v) is 17.5. The normalized spacial score (nSPS) is 15.4. The summed E-state index contributed by atoms with van der Waals surface area (Å²) in [5, 5.41) is 0. The van der Waals surface area contributed by atoms with Crippen molar-refractivity contribution in [2.24, 2.45) is 5.92 Å². The van der Waals surface area contributed by atoms with Gasteiger partial charge in [0.1, 0.15) is 5.75 Å². The molecular formula is C21H25N3O5S. The number of amides is 2. The number of carbonyl (C=O) groups is 2. The average molecular weight is 432 g/mol. The fraction of sp³-hybridized carbons (Fsp3) is 0.333. The first-order valence-corrected chi connectivity index (χ1v) is 11.1. The van der Waals surface area contributed by atoms with E-state index in [1.807, 2.05) is 13.0 Å². The largest absolute Gasteiger partial charge is 0.484 e. The molecule has 1 aliphatic heterocycles. The van der Waals surface area contributed by atoms with Crippen LogP contribution in [0, 0.1) is 12.8 Å². The van der Waals surface area contributed by atoms with Crippen LogP contribution in [0.3, 0.4) is 0 Å². The molecule has 30 heavy (non-hydrogen) atoms. The van der Waals surface area contributed by atoms with Crippen molar-refractivity contribution in [3.63, 3.8) is 0 Å². The highest BCUT2D eigenvalue weighted by Crippen LogP contribution is 2.24. The molecule has 0 aromatic heterocycles. The lowest BCUT2D eigenvalue weighted by Crippen LogP contribution is -2.49. The van der Waals surface area contributed by atoms with E-state index in [0.29, 0.717) is 18.6 Å². The highest BCUT2D eigenvalue weighted by Gasteiger charge is 2.32. The number of hydrogen-bond donors (Lipinski definition) is 2. The molecule has 9 heteroatoms. The van der Waals surface area contributed by atoms with Crippen LogP contribution in [0.5, 0.6) is 5.75 Å². The summed E-state index contributed by atoms with van der Waals surface area (Å²) in [6.45, 7) is 2.17. The predicted molar refractivity (Wildman–Crippen MR) is 111 cm³/mol. The molecule has 160 valence electrons. The SMILES string of the molecule is Cc1ccc(S(=O)(=O)N2CCC(C(=O)NNC(=O)COc3ccccc3)CC2)cc1. The number of nitrogens with zero attached hydrogens (tertiary/aromatic N) is 1. The topological polar surface area (TPSA) is 105 Å². The lowest BCUT2D eigenvalue weighted by Gasteiger charge is -2.30. The highest BCUT2D eigenvalue weighted by atomic mass is 32.2. The Morgan fingerprint density at radius 1 is 1.00 bits per heavy atom. The van der Waals surface area contributed by atoms with Crippen molar-refractivity contribution in [2.45, 2.75) is 24.7 Å². The maximum Gasteiger partial charge on any atom is 0.276 e. The Hall–Kier alpha value is -2.91. The Labute approximate surface area is 176 Å². The molecule has 0 bridgehead atoms. The maximum atomic E-state index is 12.7. The second-order valence-corrected chi connectivity index (χ2v) is 9.07. The monoisotopic (exact) mass is 431 g/mol. The fourth-order valence-electron chi connectivity index (χ4n) is 3.15. The van der Waals surface area contributed by atoms with E-state index in [1.54, 1.807) is 48.5 Å². The Morgan fingerprint density at radius 2 is 1.63 bits per heavy atom. The van der Waals surface area contributed by atoms with Crippen LogP contribution in [0.4, 0.5) is 0 Å². The van der Waals surface area contributed by atoms with E-state index < -0.39 is 15.9 Å². The van der Waals surface area contributed by atoms with Gasteiger partial charge < -0.3 is 4.74 Å². The first-order chi connectivity index (χ1) is 14.4. The molecule has 1 fully saturated rings. The Bertz CT molecular complexity index is 969. The summed E-state index contributed by atoms with van der Waals surface area (Å²) >= 11 is 0. The second kappa shape index (κ2) is 9.73. The first-order valence-electron chi connectivity index (χ1n) is 9.69. The van der Waals surface area contributed by atoms with E-state index in [2.05, 4.69) is 10.9 Å². The van der Waals surface area contributed by atoms with Crippen molar-refractivity contribution in [1.29, 1.82) is 0 Å². The molecule has 2 aromatic rings. The van der Waals surface area contributed by atoms with Crippen LogP contribution in [-0.2, 0) is 19.6 Å². The minimum Gasteiger partial charge on any atom is -0.484 e. The number of aryl methyl sites for hydroxylation is 1. The van der Waals surface area contributed by atoms with Crippen LogP contribution >= 0.6 is 0 Å². The molecule has 0 atom stereocenters. The van der Waals surface area contributed by atoms with E-state index in [9.17, 15) is 18.0 Å². The third-order valence-electron chi connectivity index (χ3n) is 4.92. The zero-order valence-electron chi connectivity index (χ0n) is 16.7. The van der Waals surface area contributed by atoms with Crippen LogP contribution in [0.25, 0.3) is 0 Å². The van der Waals surface area contributed by atoms with Crippen molar-refractivity contribution in [3.05, 3.63) is 60.2 Å². The summed E-state index contributed by atoms with van der Waals surface area (Å²) in [5.41, 5.74) is 5.71. The van der Waals surface area contributed by atoms with Gasteiger partial charge in [-0.3, -0.25) is 20.4 Å². The Kier molecular flexibility index (Phi) is 7.07. The average Bonchev–Trinajstić information content (AvgIpc) is 2.77. The van der Waals surface area contributed by atoms with E-state index in [1.165, 1.54) is 4.31 Å². The molecule has 8 nitrogen and oxygen atoms in total. The number of carbonyl (C=O) groups excluding carboxylic acids is 2. The van der Waals surface area contributed by atoms with E-state index in [4.69, 9.17) is 4.74 Å². The number of para-hydroxylation sites is 1. The zero-order chi connectivity index (χ0) is 21.6.